The van der Waals surface area contributed by atoms with Crippen LogP contribution in [0.5, 0.6) is 0 Å². The van der Waals surface area contributed by atoms with E-state index >= 15 is 0 Å². The maximum atomic E-state index is 13.6. The van der Waals surface area contributed by atoms with Crippen LogP contribution in [0.15, 0.2) is 88.5 Å². The number of hydrogen-bond donors (Lipinski definition) is 1. The van der Waals surface area contributed by atoms with Crippen molar-refractivity contribution < 1.29 is 9.59 Å². The molecule has 2 amide bonds. The second-order valence-corrected chi connectivity index (χ2v) is 9.81. The van der Waals surface area contributed by atoms with E-state index in [1.165, 1.54) is 4.90 Å². The summed E-state index contributed by atoms with van der Waals surface area (Å²) in [6, 6.07) is 22.2. The van der Waals surface area contributed by atoms with Gasteiger partial charge in [-0.15, -0.1) is 0 Å². The molecule has 0 saturated heterocycles. The molecule has 0 saturated carbocycles. The fourth-order valence-corrected chi connectivity index (χ4v) is 5.39. The van der Waals surface area contributed by atoms with E-state index in [2.05, 4.69) is 15.4 Å². The first-order valence-electron chi connectivity index (χ1n) is 11.4. The van der Waals surface area contributed by atoms with Gasteiger partial charge in [0.2, 0.25) is 10.9 Å². The Morgan fingerprint density at radius 2 is 1.63 bits per heavy atom. The predicted molar refractivity (Wildman–Crippen MR) is 145 cm³/mol. The molecule has 0 bridgehead atoms. The summed E-state index contributed by atoms with van der Waals surface area (Å²) in [6.07, 6.45) is 0. The first-order valence-corrected chi connectivity index (χ1v) is 12.6. The molecule has 186 valence electrons. The van der Waals surface area contributed by atoms with Gasteiger partial charge in [-0.25, -0.2) is 0 Å². The van der Waals surface area contributed by atoms with Crippen molar-refractivity contribution in [1.29, 1.82) is 0 Å². The largest absolute Gasteiger partial charge is 0.325 e. The minimum absolute atomic E-state index is 0.0354. The number of rotatable bonds is 4. The number of anilines is 2. The summed E-state index contributed by atoms with van der Waals surface area (Å²) < 4.78 is 1.13. The number of hydrogen-bond acceptors (Lipinski definition) is 7. The van der Waals surface area contributed by atoms with E-state index in [0.717, 1.165) is 15.9 Å². The molecule has 0 unspecified atom stereocenters. The lowest BCUT2D eigenvalue weighted by Crippen LogP contribution is -2.37. The molecule has 0 fully saturated rings. The second-order valence-electron chi connectivity index (χ2n) is 8.40. The average molecular weight is 542 g/mol. The van der Waals surface area contributed by atoms with Gasteiger partial charge in [0.15, 0.2) is 5.69 Å². The highest BCUT2D eigenvalue weighted by atomic mass is 35.5. The predicted octanol–water partition coefficient (Wildman–Crippen LogP) is 2.73. The van der Waals surface area contributed by atoms with Crippen molar-refractivity contribution in [2.45, 2.75) is 0 Å². The number of halogens is 1. The molecule has 0 aliphatic carbocycles. The maximum Gasteiger partial charge on any atom is 0.300 e. The number of benzene rings is 3. The Hall–Kier alpha value is -4.67. The summed E-state index contributed by atoms with van der Waals surface area (Å²) in [4.78, 5) is 58.0. The highest BCUT2D eigenvalue weighted by Gasteiger charge is 2.35. The number of nitrogens with one attached hydrogen (secondary N) is 1. The summed E-state index contributed by atoms with van der Waals surface area (Å²) in [5.74, 6) is -0.927. The number of para-hydroxylation sites is 1. The van der Waals surface area contributed by atoms with Crippen LogP contribution in [0.2, 0.25) is 5.02 Å². The summed E-state index contributed by atoms with van der Waals surface area (Å²) in [5, 5.41) is 7.54. The fourth-order valence-electron chi connectivity index (χ4n) is 4.27. The summed E-state index contributed by atoms with van der Waals surface area (Å²) >= 11 is 6.82. The Balaban J connectivity index is 1.44. The number of carbonyl (C=O) groups excluding carboxylic acids is 2. The summed E-state index contributed by atoms with van der Waals surface area (Å²) in [5.41, 5.74) is 1.09. The van der Waals surface area contributed by atoms with Crippen LogP contribution in [0.25, 0.3) is 21.8 Å². The zero-order valence-corrected chi connectivity index (χ0v) is 21.0. The van der Waals surface area contributed by atoms with Crippen LogP contribution >= 0.6 is 22.9 Å². The molecular formula is C27H16ClN5O4S. The lowest BCUT2D eigenvalue weighted by Gasteiger charge is -2.16. The standard InChI is InChI=1S/C27H16ClN5O4S/c28-16-10-12-17(13-11-16)29-20(34)14-32-19-9-5-4-8-18(19)21(25(32)36)23-26(37)33-27(38-23)30-24(35)22(31-33)15-6-2-1-3-7-15/h1-13H,14H2,(H,29,34). The molecule has 9 nitrogen and oxygen atoms in total. The molecular weight excluding hydrogens is 526 g/mol. The third-order valence-electron chi connectivity index (χ3n) is 5.99. The minimum Gasteiger partial charge on any atom is -0.325 e. The lowest BCUT2D eigenvalue weighted by atomic mass is 10.1. The van der Waals surface area contributed by atoms with Gasteiger partial charge in [-0.3, -0.25) is 24.1 Å². The molecule has 3 aromatic carbocycles. The zero-order valence-electron chi connectivity index (χ0n) is 19.4. The normalized spacial score (nSPS) is 14.1. The zero-order chi connectivity index (χ0) is 26.4. The van der Waals surface area contributed by atoms with Crippen molar-refractivity contribution in [3.05, 3.63) is 115 Å². The second kappa shape index (κ2) is 9.33. The average Bonchev–Trinajstić information content (AvgIpc) is 3.37. The van der Waals surface area contributed by atoms with Gasteiger partial charge in [0.25, 0.3) is 11.5 Å². The van der Waals surface area contributed by atoms with Crippen LogP contribution in [-0.2, 0) is 9.59 Å². The van der Waals surface area contributed by atoms with Crippen molar-refractivity contribution in [3.63, 3.8) is 0 Å². The van der Waals surface area contributed by atoms with E-state index < -0.39 is 22.9 Å². The van der Waals surface area contributed by atoms with Crippen molar-refractivity contribution in [2.24, 2.45) is 0 Å². The molecule has 1 aliphatic rings. The topological polar surface area (TPSA) is 114 Å². The number of fused-ring (bicyclic) bond motifs is 2. The number of aromatic nitrogens is 3. The molecule has 0 atom stereocenters. The summed E-state index contributed by atoms with van der Waals surface area (Å²) in [6.45, 7) is -0.270. The van der Waals surface area contributed by atoms with E-state index in [1.807, 2.05) is 0 Å². The van der Waals surface area contributed by atoms with Gasteiger partial charge in [-0.1, -0.05) is 71.5 Å². The Kier molecular flexibility index (Phi) is 5.82. The summed E-state index contributed by atoms with van der Waals surface area (Å²) in [7, 11) is 0. The lowest BCUT2D eigenvalue weighted by molar-refractivity contribution is -0.118. The van der Waals surface area contributed by atoms with Gasteiger partial charge in [0, 0.05) is 21.8 Å². The van der Waals surface area contributed by atoms with Crippen LogP contribution in [-0.4, -0.2) is 33.0 Å². The molecule has 1 N–H and O–H groups in total. The molecule has 11 heteroatoms. The van der Waals surface area contributed by atoms with Crippen molar-refractivity contribution >= 4 is 56.7 Å². The van der Waals surface area contributed by atoms with Crippen LogP contribution in [0.3, 0.4) is 0 Å². The van der Waals surface area contributed by atoms with Crippen LogP contribution in [0.1, 0.15) is 5.56 Å². The fraction of sp³-hybridized carbons (Fsp3) is 0.0370. The first kappa shape index (κ1) is 23.7. The molecule has 0 radical (unpaired) electrons. The van der Waals surface area contributed by atoms with Crippen molar-refractivity contribution in [3.8, 4) is 11.3 Å². The van der Waals surface area contributed by atoms with Crippen molar-refractivity contribution in [2.75, 3.05) is 16.8 Å². The smallest absolute Gasteiger partial charge is 0.300 e. The number of thiazole rings is 1. The highest BCUT2D eigenvalue weighted by Crippen LogP contribution is 2.35. The van der Waals surface area contributed by atoms with Gasteiger partial charge in [-0.05, 0) is 30.3 Å². The van der Waals surface area contributed by atoms with Gasteiger partial charge in [-0.2, -0.15) is 14.6 Å². The van der Waals surface area contributed by atoms with Crippen LogP contribution in [0.4, 0.5) is 11.4 Å². The quantitative estimate of drug-likeness (QED) is 0.374. The Morgan fingerprint density at radius 3 is 2.39 bits per heavy atom. The molecule has 0 spiro atoms. The molecule has 1 aliphatic heterocycles. The van der Waals surface area contributed by atoms with E-state index in [9.17, 15) is 19.2 Å². The number of carbonyl (C=O) groups is 2. The molecule has 2 aromatic heterocycles. The third-order valence-corrected chi connectivity index (χ3v) is 7.27. The van der Waals surface area contributed by atoms with Crippen LogP contribution in [0, 0.1) is 0 Å². The van der Waals surface area contributed by atoms with Crippen molar-refractivity contribution in [1.82, 2.24) is 14.6 Å². The SMILES string of the molecule is O=C(CN1C(=O)C(=c2sc3nc(=O)c(-c4ccccc4)nn3c2=O)c2ccccc21)Nc1ccc(Cl)cc1. The Labute approximate surface area is 223 Å². The molecule has 6 rings (SSSR count). The minimum atomic E-state index is -0.576. The number of nitrogens with zero attached hydrogens (tertiary/aromatic N) is 4. The van der Waals surface area contributed by atoms with Gasteiger partial charge in [0.05, 0.1) is 11.3 Å². The third kappa shape index (κ3) is 4.05. The van der Waals surface area contributed by atoms with E-state index in [4.69, 9.17) is 11.6 Å². The number of amides is 2. The monoisotopic (exact) mass is 541 g/mol. The highest BCUT2D eigenvalue weighted by molar-refractivity contribution is 7.15. The maximum absolute atomic E-state index is 13.6. The van der Waals surface area contributed by atoms with E-state index in [-0.39, 0.29) is 27.3 Å². The van der Waals surface area contributed by atoms with Gasteiger partial charge >= 0.3 is 5.56 Å². The Morgan fingerprint density at radius 1 is 0.921 bits per heavy atom. The Bertz CT molecular complexity index is 1920. The van der Waals surface area contributed by atoms with Gasteiger partial charge < -0.3 is 5.32 Å². The van der Waals surface area contributed by atoms with Crippen LogP contribution < -0.4 is 25.9 Å². The first-order chi connectivity index (χ1) is 18.4. The molecule has 5 aromatic rings. The van der Waals surface area contributed by atoms with E-state index in [0.29, 0.717) is 27.5 Å². The van der Waals surface area contributed by atoms with Gasteiger partial charge in [0.1, 0.15) is 11.1 Å². The molecule has 3 heterocycles. The molecule has 38 heavy (non-hydrogen) atoms. The van der Waals surface area contributed by atoms with E-state index in [1.54, 1.807) is 78.9 Å².